The van der Waals surface area contributed by atoms with E-state index in [1.165, 1.54) is 0 Å². The third-order valence-corrected chi connectivity index (χ3v) is 3.03. The first-order valence-electron chi connectivity index (χ1n) is 6.13. The Kier molecular flexibility index (Phi) is 3.71. The molecule has 1 aliphatic heterocycles. The molecule has 19 heavy (non-hydrogen) atoms. The fourth-order valence-corrected chi connectivity index (χ4v) is 2.03. The molecule has 6 nitrogen and oxygen atoms in total. The molecule has 0 bridgehead atoms. The molecule has 0 fully saturated rings. The molecule has 0 spiro atoms. The van der Waals surface area contributed by atoms with Gasteiger partial charge in [0, 0.05) is 30.5 Å². The number of benzene rings is 1. The van der Waals surface area contributed by atoms with E-state index in [2.05, 4.69) is 10.6 Å². The third-order valence-electron chi connectivity index (χ3n) is 3.03. The molecule has 0 radical (unpaired) electrons. The number of carbonyl (C=O) groups excluding carboxylic acids is 2. The van der Waals surface area contributed by atoms with Crippen LogP contribution in [-0.2, 0) is 9.59 Å². The van der Waals surface area contributed by atoms with Gasteiger partial charge in [-0.25, -0.2) is 0 Å². The van der Waals surface area contributed by atoms with Crippen LogP contribution in [-0.4, -0.2) is 37.1 Å². The highest BCUT2D eigenvalue weighted by atomic mass is 16.3. The number of nitrogens with zero attached hydrogens (tertiary/aromatic N) is 1. The normalized spacial score (nSPS) is 16.8. The summed E-state index contributed by atoms with van der Waals surface area (Å²) in [5, 5.41) is 14.9. The standard InChI is InChI=1S/C13H17N3O3/c1-3-14-11(17)7-16(2)8-4-5-9-10(6-8)15-13(19)12(9)18/h4-6,12,18H,3,7H2,1-2H3,(H,14,17)(H,15,19). The summed E-state index contributed by atoms with van der Waals surface area (Å²) in [6, 6.07) is 5.23. The van der Waals surface area contributed by atoms with Gasteiger partial charge in [-0.2, -0.15) is 0 Å². The van der Waals surface area contributed by atoms with Crippen LogP contribution in [0, 0.1) is 0 Å². The molecule has 1 atom stereocenters. The number of aliphatic hydroxyl groups is 1. The van der Waals surface area contributed by atoms with E-state index < -0.39 is 12.0 Å². The molecule has 6 heteroatoms. The minimum Gasteiger partial charge on any atom is -0.378 e. The summed E-state index contributed by atoms with van der Waals surface area (Å²) in [5.41, 5.74) is 1.97. The fraction of sp³-hybridized carbons (Fsp3) is 0.385. The van der Waals surface area contributed by atoms with Crippen LogP contribution in [0.2, 0.25) is 0 Å². The maximum atomic E-state index is 11.5. The fourth-order valence-electron chi connectivity index (χ4n) is 2.03. The van der Waals surface area contributed by atoms with Crippen LogP contribution < -0.4 is 15.5 Å². The van der Waals surface area contributed by atoms with E-state index in [-0.39, 0.29) is 12.5 Å². The Bertz CT molecular complexity index is 516. The zero-order chi connectivity index (χ0) is 14.0. The van der Waals surface area contributed by atoms with Crippen molar-refractivity contribution >= 4 is 23.2 Å². The largest absolute Gasteiger partial charge is 0.378 e. The first-order chi connectivity index (χ1) is 9.02. The van der Waals surface area contributed by atoms with Gasteiger partial charge in [-0.15, -0.1) is 0 Å². The summed E-state index contributed by atoms with van der Waals surface area (Å²) in [6.07, 6.45) is -1.10. The second-order valence-electron chi connectivity index (χ2n) is 4.47. The Morgan fingerprint density at radius 2 is 2.26 bits per heavy atom. The molecule has 3 N–H and O–H groups in total. The monoisotopic (exact) mass is 263 g/mol. The van der Waals surface area contributed by atoms with Gasteiger partial charge in [0.25, 0.3) is 5.91 Å². The molecule has 1 aliphatic rings. The van der Waals surface area contributed by atoms with Crippen molar-refractivity contribution in [2.75, 3.05) is 30.4 Å². The molecular weight excluding hydrogens is 246 g/mol. The Labute approximate surface area is 111 Å². The Morgan fingerprint density at radius 3 is 2.95 bits per heavy atom. The third kappa shape index (κ3) is 2.68. The summed E-state index contributed by atoms with van der Waals surface area (Å²) in [4.78, 5) is 24.6. The Morgan fingerprint density at radius 1 is 1.53 bits per heavy atom. The van der Waals surface area contributed by atoms with Crippen LogP contribution in [0.1, 0.15) is 18.6 Å². The summed E-state index contributed by atoms with van der Waals surface area (Å²) >= 11 is 0. The number of rotatable bonds is 4. The number of carbonyl (C=O) groups is 2. The van der Waals surface area contributed by atoms with Crippen molar-refractivity contribution in [1.82, 2.24) is 5.32 Å². The van der Waals surface area contributed by atoms with Gasteiger partial charge in [-0.1, -0.05) is 6.07 Å². The summed E-state index contributed by atoms with van der Waals surface area (Å²) < 4.78 is 0. The van der Waals surface area contributed by atoms with Crippen LogP contribution >= 0.6 is 0 Å². The molecule has 1 heterocycles. The van der Waals surface area contributed by atoms with E-state index >= 15 is 0 Å². The molecule has 2 rings (SSSR count). The zero-order valence-electron chi connectivity index (χ0n) is 10.9. The van der Waals surface area contributed by atoms with Gasteiger partial charge in [0.15, 0.2) is 6.10 Å². The molecule has 102 valence electrons. The molecular formula is C13H17N3O3. The van der Waals surface area contributed by atoms with Crippen LogP contribution in [0.15, 0.2) is 18.2 Å². The summed E-state index contributed by atoms with van der Waals surface area (Å²) in [6.45, 7) is 2.70. The number of nitrogens with one attached hydrogen (secondary N) is 2. The van der Waals surface area contributed by atoms with Crippen molar-refractivity contribution in [1.29, 1.82) is 0 Å². The van der Waals surface area contributed by atoms with Crippen molar-refractivity contribution in [2.45, 2.75) is 13.0 Å². The second kappa shape index (κ2) is 5.27. The van der Waals surface area contributed by atoms with Crippen molar-refractivity contribution in [3.8, 4) is 0 Å². The van der Waals surface area contributed by atoms with E-state index in [1.54, 1.807) is 30.1 Å². The highest BCUT2D eigenvalue weighted by molar-refractivity contribution is 6.02. The lowest BCUT2D eigenvalue weighted by Gasteiger charge is -2.19. The quantitative estimate of drug-likeness (QED) is 0.727. The second-order valence-corrected chi connectivity index (χ2v) is 4.47. The summed E-state index contributed by atoms with van der Waals surface area (Å²) in [5.74, 6) is -0.479. The van der Waals surface area contributed by atoms with Crippen LogP contribution in [0.5, 0.6) is 0 Å². The highest BCUT2D eigenvalue weighted by Crippen LogP contribution is 2.33. The van der Waals surface area contributed by atoms with Gasteiger partial charge in [0.1, 0.15) is 0 Å². The number of amides is 2. The number of likely N-dealkylation sites (N-methyl/N-ethyl adjacent to an activating group) is 2. The molecule has 2 amide bonds. The van der Waals surface area contributed by atoms with Crippen molar-refractivity contribution in [3.05, 3.63) is 23.8 Å². The molecule has 0 aromatic heterocycles. The minimum atomic E-state index is -1.10. The number of fused-ring (bicyclic) bond motifs is 1. The summed E-state index contributed by atoms with van der Waals surface area (Å²) in [7, 11) is 1.80. The van der Waals surface area contributed by atoms with Gasteiger partial charge < -0.3 is 20.6 Å². The van der Waals surface area contributed by atoms with Crippen molar-refractivity contribution in [2.24, 2.45) is 0 Å². The van der Waals surface area contributed by atoms with Crippen LogP contribution in [0.4, 0.5) is 11.4 Å². The van der Waals surface area contributed by atoms with Crippen molar-refractivity contribution < 1.29 is 14.7 Å². The first kappa shape index (κ1) is 13.4. The van der Waals surface area contributed by atoms with E-state index in [0.717, 1.165) is 5.69 Å². The lowest BCUT2D eigenvalue weighted by atomic mass is 10.1. The van der Waals surface area contributed by atoms with Gasteiger partial charge >= 0.3 is 0 Å². The number of anilines is 2. The van der Waals surface area contributed by atoms with Crippen molar-refractivity contribution in [3.63, 3.8) is 0 Å². The predicted molar refractivity (Wildman–Crippen MR) is 72.0 cm³/mol. The lowest BCUT2D eigenvalue weighted by Crippen LogP contribution is -2.34. The van der Waals surface area contributed by atoms with Crippen LogP contribution in [0.3, 0.4) is 0 Å². The van der Waals surface area contributed by atoms with Gasteiger partial charge in [0.2, 0.25) is 5.91 Å². The van der Waals surface area contributed by atoms with E-state index in [0.29, 0.717) is 17.8 Å². The van der Waals surface area contributed by atoms with E-state index in [4.69, 9.17) is 0 Å². The number of hydrogen-bond acceptors (Lipinski definition) is 4. The van der Waals surface area contributed by atoms with Gasteiger partial charge in [-0.05, 0) is 19.1 Å². The van der Waals surface area contributed by atoms with Gasteiger partial charge in [0.05, 0.1) is 6.54 Å². The predicted octanol–water partition coefficient (Wildman–Crippen LogP) is 0.244. The molecule has 0 saturated carbocycles. The molecule has 0 aliphatic carbocycles. The van der Waals surface area contributed by atoms with Crippen LogP contribution in [0.25, 0.3) is 0 Å². The average Bonchev–Trinajstić information content (AvgIpc) is 2.65. The molecule has 1 aromatic rings. The van der Waals surface area contributed by atoms with E-state index in [1.807, 2.05) is 6.92 Å². The smallest absolute Gasteiger partial charge is 0.257 e. The minimum absolute atomic E-state index is 0.0606. The molecule has 1 aromatic carbocycles. The topological polar surface area (TPSA) is 81.7 Å². The number of hydrogen-bond donors (Lipinski definition) is 3. The maximum absolute atomic E-state index is 11.5. The molecule has 0 saturated heterocycles. The maximum Gasteiger partial charge on any atom is 0.257 e. The highest BCUT2D eigenvalue weighted by Gasteiger charge is 2.28. The van der Waals surface area contributed by atoms with E-state index in [9.17, 15) is 14.7 Å². The average molecular weight is 263 g/mol. The molecule has 1 unspecified atom stereocenters. The first-order valence-corrected chi connectivity index (χ1v) is 6.13. The lowest BCUT2D eigenvalue weighted by molar-refractivity contribution is -0.123. The number of aliphatic hydroxyl groups excluding tert-OH is 1. The zero-order valence-corrected chi connectivity index (χ0v) is 10.9. The Hall–Kier alpha value is -2.08. The van der Waals surface area contributed by atoms with Gasteiger partial charge in [-0.3, -0.25) is 9.59 Å². The Balaban J connectivity index is 2.13. The SMILES string of the molecule is CCNC(=O)CN(C)c1ccc2c(c1)NC(=O)C2O.